The van der Waals surface area contributed by atoms with Crippen LogP contribution in [0.25, 0.3) is 0 Å². The minimum atomic E-state index is -0.652. The number of carboxylic acids is 1. The summed E-state index contributed by atoms with van der Waals surface area (Å²) >= 11 is 0. The van der Waals surface area contributed by atoms with Crippen molar-refractivity contribution in [2.24, 2.45) is 0 Å². The van der Waals surface area contributed by atoms with Crippen LogP contribution in [0, 0.1) is 0 Å². The Morgan fingerprint density at radius 2 is 0.857 bits per heavy atom. The second-order valence-corrected chi connectivity index (χ2v) is 8.56. The predicted octanol–water partition coefficient (Wildman–Crippen LogP) is 9.23. The highest BCUT2D eigenvalue weighted by Gasteiger charge is 1.97. The predicted molar refractivity (Wildman–Crippen MR) is 124 cm³/mol. The Kier molecular flexibility index (Phi) is 23.6. The number of allylic oxidation sites excluding steroid dienone is 2. The van der Waals surface area contributed by atoms with Crippen LogP contribution in [-0.4, -0.2) is 11.1 Å². The molecule has 2 nitrogen and oxygen atoms in total. The van der Waals surface area contributed by atoms with E-state index in [0.29, 0.717) is 6.42 Å². The van der Waals surface area contributed by atoms with E-state index in [1.54, 1.807) is 0 Å². The van der Waals surface area contributed by atoms with Crippen LogP contribution in [0.1, 0.15) is 148 Å². The molecule has 0 fully saturated rings. The lowest BCUT2D eigenvalue weighted by molar-refractivity contribution is -0.137. The average molecular weight is 395 g/mol. The summed E-state index contributed by atoms with van der Waals surface area (Å²) in [5.41, 5.74) is 0. The molecule has 28 heavy (non-hydrogen) atoms. The Balaban J connectivity index is 3.03. The van der Waals surface area contributed by atoms with Crippen molar-refractivity contribution in [1.29, 1.82) is 0 Å². The maximum Gasteiger partial charge on any atom is 0.303 e. The second-order valence-electron chi connectivity index (χ2n) is 8.56. The minimum absolute atomic E-state index is 0.344. The molecule has 0 bridgehead atoms. The third-order valence-corrected chi connectivity index (χ3v) is 5.65. The normalized spacial score (nSPS) is 11.5. The fourth-order valence-corrected chi connectivity index (χ4v) is 3.75. The van der Waals surface area contributed by atoms with Gasteiger partial charge in [0.25, 0.3) is 0 Å². The lowest BCUT2D eigenvalue weighted by Crippen LogP contribution is -1.93. The SMILES string of the molecule is CCCCC=CCCCCCCCCCCCCCCCCCCCC(=O)O. The Morgan fingerprint density at radius 1 is 0.536 bits per heavy atom. The highest BCUT2D eigenvalue weighted by atomic mass is 16.4. The summed E-state index contributed by atoms with van der Waals surface area (Å²) in [6.45, 7) is 2.26. The van der Waals surface area contributed by atoms with Gasteiger partial charge in [0.05, 0.1) is 0 Å². The molecule has 166 valence electrons. The molecule has 0 aromatic heterocycles. The van der Waals surface area contributed by atoms with Gasteiger partial charge in [0, 0.05) is 6.42 Å². The zero-order valence-electron chi connectivity index (χ0n) is 19.1. The van der Waals surface area contributed by atoms with Crippen LogP contribution in [0.15, 0.2) is 12.2 Å². The first kappa shape index (κ1) is 27.2. The smallest absolute Gasteiger partial charge is 0.303 e. The zero-order valence-corrected chi connectivity index (χ0v) is 19.1. The first-order chi connectivity index (χ1) is 13.8. The molecule has 0 spiro atoms. The third kappa shape index (κ3) is 25.2. The number of carbonyl (C=O) groups is 1. The molecule has 1 N–H and O–H groups in total. The fraction of sp³-hybridized carbons (Fsp3) is 0.885. The van der Waals surface area contributed by atoms with Gasteiger partial charge in [-0.25, -0.2) is 0 Å². The molecule has 0 unspecified atom stereocenters. The summed E-state index contributed by atoms with van der Waals surface area (Å²) in [5, 5.41) is 8.58. The van der Waals surface area contributed by atoms with Crippen molar-refractivity contribution in [1.82, 2.24) is 0 Å². The number of carboxylic acid groups (broad SMARTS) is 1. The summed E-state index contributed by atoms with van der Waals surface area (Å²) in [6.07, 6.45) is 33.1. The highest BCUT2D eigenvalue weighted by molar-refractivity contribution is 5.66. The Morgan fingerprint density at radius 3 is 1.21 bits per heavy atom. The number of hydrogen-bond donors (Lipinski definition) is 1. The quantitative estimate of drug-likeness (QED) is 0.138. The molecule has 0 aromatic rings. The topological polar surface area (TPSA) is 37.3 Å². The van der Waals surface area contributed by atoms with Crippen LogP contribution >= 0.6 is 0 Å². The fourth-order valence-electron chi connectivity index (χ4n) is 3.75. The lowest BCUT2D eigenvalue weighted by atomic mass is 10.0. The Hall–Kier alpha value is -0.790. The van der Waals surface area contributed by atoms with E-state index in [-0.39, 0.29) is 0 Å². The van der Waals surface area contributed by atoms with Gasteiger partial charge in [-0.15, -0.1) is 0 Å². The van der Waals surface area contributed by atoms with E-state index in [2.05, 4.69) is 19.1 Å². The van der Waals surface area contributed by atoms with Gasteiger partial charge < -0.3 is 5.11 Å². The summed E-state index contributed by atoms with van der Waals surface area (Å²) in [6, 6.07) is 0. The molecule has 0 amide bonds. The summed E-state index contributed by atoms with van der Waals surface area (Å²) in [7, 11) is 0. The van der Waals surface area contributed by atoms with Gasteiger partial charge in [-0.1, -0.05) is 128 Å². The van der Waals surface area contributed by atoms with Crippen molar-refractivity contribution >= 4 is 5.97 Å². The van der Waals surface area contributed by atoms with Crippen LogP contribution in [0.3, 0.4) is 0 Å². The molecule has 0 atom stereocenters. The number of aliphatic carboxylic acids is 1. The van der Waals surface area contributed by atoms with Crippen LogP contribution in [0.5, 0.6) is 0 Å². The summed E-state index contributed by atoms with van der Waals surface area (Å²) < 4.78 is 0. The molecule has 0 aromatic carbocycles. The van der Waals surface area contributed by atoms with Gasteiger partial charge in [0.2, 0.25) is 0 Å². The molecule has 0 aliphatic rings. The average Bonchev–Trinajstić information content (AvgIpc) is 2.68. The molecule has 0 aliphatic carbocycles. The molecule has 0 heterocycles. The van der Waals surface area contributed by atoms with Crippen molar-refractivity contribution in [3.8, 4) is 0 Å². The number of unbranched alkanes of at least 4 members (excludes halogenated alkanes) is 19. The van der Waals surface area contributed by atoms with E-state index in [1.807, 2.05) is 0 Å². The monoisotopic (exact) mass is 394 g/mol. The first-order valence-electron chi connectivity index (χ1n) is 12.6. The zero-order chi connectivity index (χ0) is 20.5. The molecule has 0 saturated heterocycles. The standard InChI is InChI=1S/C26H50O2/c1-2-3-4-5-6-7-8-9-10-11-12-13-14-15-16-17-18-19-20-21-22-23-24-25-26(27)28/h5-6H,2-4,7-25H2,1H3,(H,27,28). The molecular formula is C26H50O2. The maximum atomic E-state index is 10.4. The van der Waals surface area contributed by atoms with Crippen molar-refractivity contribution in [2.45, 2.75) is 148 Å². The van der Waals surface area contributed by atoms with Gasteiger partial charge in [0.1, 0.15) is 0 Å². The molecule has 0 saturated carbocycles. The van der Waals surface area contributed by atoms with Crippen LogP contribution in [0.4, 0.5) is 0 Å². The summed E-state index contributed by atoms with van der Waals surface area (Å²) in [5.74, 6) is -0.652. The van der Waals surface area contributed by atoms with E-state index in [1.165, 1.54) is 122 Å². The van der Waals surface area contributed by atoms with Gasteiger partial charge >= 0.3 is 5.97 Å². The lowest BCUT2D eigenvalue weighted by Gasteiger charge is -2.03. The highest BCUT2D eigenvalue weighted by Crippen LogP contribution is 2.14. The van der Waals surface area contributed by atoms with E-state index in [0.717, 1.165) is 12.8 Å². The first-order valence-corrected chi connectivity index (χ1v) is 12.6. The summed E-state index contributed by atoms with van der Waals surface area (Å²) in [4.78, 5) is 10.4. The van der Waals surface area contributed by atoms with Crippen molar-refractivity contribution in [3.63, 3.8) is 0 Å². The van der Waals surface area contributed by atoms with Gasteiger partial charge in [0.15, 0.2) is 0 Å². The largest absolute Gasteiger partial charge is 0.481 e. The Bertz CT molecular complexity index is 335. The van der Waals surface area contributed by atoms with E-state index in [4.69, 9.17) is 5.11 Å². The number of rotatable bonds is 23. The maximum absolute atomic E-state index is 10.4. The molecule has 0 radical (unpaired) electrons. The van der Waals surface area contributed by atoms with Crippen molar-refractivity contribution < 1.29 is 9.90 Å². The van der Waals surface area contributed by atoms with Crippen molar-refractivity contribution in [3.05, 3.63) is 12.2 Å². The van der Waals surface area contributed by atoms with Gasteiger partial charge in [-0.3, -0.25) is 4.79 Å². The van der Waals surface area contributed by atoms with Crippen LogP contribution < -0.4 is 0 Å². The van der Waals surface area contributed by atoms with Crippen molar-refractivity contribution in [2.75, 3.05) is 0 Å². The van der Waals surface area contributed by atoms with E-state index in [9.17, 15) is 4.79 Å². The number of hydrogen-bond acceptors (Lipinski definition) is 1. The molecule has 2 heteroatoms. The molecule has 0 rings (SSSR count). The molecule has 0 aliphatic heterocycles. The van der Waals surface area contributed by atoms with E-state index < -0.39 is 5.97 Å². The minimum Gasteiger partial charge on any atom is -0.481 e. The van der Waals surface area contributed by atoms with Gasteiger partial charge in [-0.2, -0.15) is 0 Å². The molecular weight excluding hydrogens is 344 g/mol. The third-order valence-electron chi connectivity index (χ3n) is 5.65. The van der Waals surface area contributed by atoms with Crippen LogP contribution in [0.2, 0.25) is 0 Å². The second kappa shape index (κ2) is 24.2. The van der Waals surface area contributed by atoms with Crippen LogP contribution in [-0.2, 0) is 4.79 Å². The van der Waals surface area contributed by atoms with Gasteiger partial charge in [-0.05, 0) is 25.7 Å². The Labute approximate surface area is 176 Å². The van der Waals surface area contributed by atoms with E-state index >= 15 is 0 Å².